The number of rotatable bonds is 5. The Morgan fingerprint density at radius 2 is 1.80 bits per heavy atom. The van der Waals surface area contributed by atoms with Gasteiger partial charge in [0.2, 0.25) is 10.0 Å². The van der Waals surface area contributed by atoms with Gasteiger partial charge in [-0.1, -0.05) is 5.92 Å². The van der Waals surface area contributed by atoms with Gasteiger partial charge in [-0.15, -0.1) is 6.42 Å². The third-order valence-corrected chi connectivity index (χ3v) is 4.23. The predicted octanol–water partition coefficient (Wildman–Crippen LogP) is 0.976. The zero-order valence-corrected chi connectivity index (χ0v) is 12.7. The van der Waals surface area contributed by atoms with Crippen LogP contribution in [0.1, 0.15) is 13.8 Å². The van der Waals surface area contributed by atoms with E-state index >= 15 is 0 Å². The van der Waals surface area contributed by atoms with E-state index in [-0.39, 0.29) is 16.3 Å². The molecule has 1 aromatic rings. The molecule has 0 fully saturated rings. The van der Waals surface area contributed by atoms with Crippen LogP contribution in [-0.4, -0.2) is 28.2 Å². The van der Waals surface area contributed by atoms with Gasteiger partial charge in [-0.2, -0.15) is 4.72 Å². The number of hydrogen-bond donors (Lipinski definition) is 2. The van der Waals surface area contributed by atoms with E-state index in [4.69, 9.17) is 21.6 Å². The largest absolute Gasteiger partial charge is 0.495 e. The highest BCUT2D eigenvalue weighted by Gasteiger charge is 2.28. The van der Waals surface area contributed by atoms with Crippen molar-refractivity contribution in [3.8, 4) is 23.8 Å². The number of benzene rings is 1. The quantitative estimate of drug-likeness (QED) is 0.624. The van der Waals surface area contributed by atoms with Gasteiger partial charge in [0.1, 0.15) is 16.4 Å². The molecule has 20 heavy (non-hydrogen) atoms. The molecule has 1 rings (SSSR count). The van der Waals surface area contributed by atoms with E-state index in [1.54, 1.807) is 13.8 Å². The van der Waals surface area contributed by atoms with E-state index in [9.17, 15) is 8.42 Å². The maximum Gasteiger partial charge on any atom is 0.245 e. The molecule has 110 valence electrons. The topological polar surface area (TPSA) is 90.7 Å². The van der Waals surface area contributed by atoms with Crippen LogP contribution in [-0.2, 0) is 10.0 Å². The van der Waals surface area contributed by atoms with Crippen LogP contribution in [0, 0.1) is 12.3 Å². The van der Waals surface area contributed by atoms with Crippen LogP contribution in [0.5, 0.6) is 11.5 Å². The van der Waals surface area contributed by atoms with Crippen LogP contribution in [0.3, 0.4) is 0 Å². The van der Waals surface area contributed by atoms with Crippen molar-refractivity contribution in [1.29, 1.82) is 0 Å². The van der Waals surface area contributed by atoms with Gasteiger partial charge < -0.3 is 15.2 Å². The molecule has 0 aliphatic carbocycles. The summed E-state index contributed by atoms with van der Waals surface area (Å²) >= 11 is 0. The van der Waals surface area contributed by atoms with Gasteiger partial charge in [0.25, 0.3) is 0 Å². The highest BCUT2D eigenvalue weighted by atomic mass is 32.2. The summed E-state index contributed by atoms with van der Waals surface area (Å²) in [7, 11) is -1.09. The molecule has 0 saturated carbocycles. The summed E-state index contributed by atoms with van der Waals surface area (Å²) < 4.78 is 37.2. The van der Waals surface area contributed by atoms with Crippen LogP contribution in [0.25, 0.3) is 0 Å². The normalized spacial score (nSPS) is 11.8. The molecule has 0 bridgehead atoms. The molecule has 7 heteroatoms. The van der Waals surface area contributed by atoms with Gasteiger partial charge in [-0.25, -0.2) is 8.42 Å². The molecule has 6 nitrogen and oxygen atoms in total. The van der Waals surface area contributed by atoms with Crippen LogP contribution in [0.15, 0.2) is 17.0 Å². The fraction of sp³-hybridized carbons (Fsp3) is 0.385. The second-order valence-electron chi connectivity index (χ2n) is 4.62. The van der Waals surface area contributed by atoms with Crippen molar-refractivity contribution in [1.82, 2.24) is 4.72 Å². The Hall–Kier alpha value is -1.91. The Morgan fingerprint density at radius 1 is 1.25 bits per heavy atom. The number of sulfonamides is 1. The number of terminal acetylenes is 1. The fourth-order valence-corrected chi connectivity index (χ4v) is 3.05. The summed E-state index contributed by atoms with van der Waals surface area (Å²) in [5, 5.41) is 0. The van der Waals surface area contributed by atoms with Crippen molar-refractivity contribution in [2.45, 2.75) is 24.3 Å². The summed E-state index contributed by atoms with van der Waals surface area (Å²) in [6.45, 7) is 3.15. The van der Waals surface area contributed by atoms with Gasteiger partial charge in [-0.05, 0) is 19.9 Å². The van der Waals surface area contributed by atoms with E-state index in [0.717, 1.165) is 0 Å². The molecule has 0 spiro atoms. The molecule has 1 aromatic carbocycles. The van der Waals surface area contributed by atoms with E-state index in [2.05, 4.69) is 10.6 Å². The first kappa shape index (κ1) is 16.1. The number of nitrogen functional groups attached to an aromatic ring is 1. The number of anilines is 1. The smallest absolute Gasteiger partial charge is 0.245 e. The molecule has 0 aromatic heterocycles. The molecule has 0 amide bonds. The molecule has 0 radical (unpaired) electrons. The maximum absolute atomic E-state index is 12.4. The second kappa shape index (κ2) is 5.61. The zero-order chi connectivity index (χ0) is 15.6. The Balaban J connectivity index is 3.39. The number of nitrogens with two attached hydrogens (primary N) is 1. The summed E-state index contributed by atoms with van der Waals surface area (Å²) in [4.78, 5) is -0.0957. The number of hydrogen-bond acceptors (Lipinski definition) is 5. The molecule has 0 heterocycles. The summed E-state index contributed by atoms with van der Waals surface area (Å²) in [6.07, 6.45) is 5.28. The van der Waals surface area contributed by atoms with Crippen LogP contribution in [0.4, 0.5) is 5.69 Å². The third-order valence-electron chi connectivity index (χ3n) is 2.56. The molecule has 0 aliphatic rings. The third kappa shape index (κ3) is 3.35. The summed E-state index contributed by atoms with van der Waals surface area (Å²) in [5.74, 6) is 2.81. The minimum absolute atomic E-state index is 0.0957. The molecule has 0 atom stereocenters. The zero-order valence-electron chi connectivity index (χ0n) is 11.9. The Kier molecular flexibility index (Phi) is 4.53. The fourth-order valence-electron chi connectivity index (χ4n) is 1.52. The molecule has 0 aliphatic heterocycles. The van der Waals surface area contributed by atoms with Gasteiger partial charge in [0, 0.05) is 6.07 Å². The minimum atomic E-state index is -3.87. The Bertz CT molecular complexity index is 645. The monoisotopic (exact) mass is 298 g/mol. The average Bonchev–Trinajstić information content (AvgIpc) is 2.37. The summed E-state index contributed by atoms with van der Waals surface area (Å²) in [5.41, 5.74) is 4.89. The number of methoxy groups -OCH3 is 2. The van der Waals surface area contributed by atoms with E-state index in [0.29, 0.717) is 5.75 Å². The highest BCUT2D eigenvalue weighted by Crippen LogP contribution is 2.34. The van der Waals surface area contributed by atoms with E-state index < -0.39 is 15.6 Å². The van der Waals surface area contributed by atoms with E-state index in [1.807, 2.05) is 0 Å². The minimum Gasteiger partial charge on any atom is -0.495 e. The Labute approximate surface area is 119 Å². The highest BCUT2D eigenvalue weighted by molar-refractivity contribution is 7.89. The van der Waals surface area contributed by atoms with Gasteiger partial charge in [0.15, 0.2) is 0 Å². The van der Waals surface area contributed by atoms with Crippen molar-refractivity contribution in [3.05, 3.63) is 12.1 Å². The van der Waals surface area contributed by atoms with Crippen molar-refractivity contribution in [3.63, 3.8) is 0 Å². The standard InChI is InChI=1S/C13H18N2O4S/c1-6-13(2,3)15-20(16,17)12-7-9(14)10(18-4)8-11(12)19-5/h1,7-8,15H,14H2,2-5H3. The van der Waals surface area contributed by atoms with Crippen molar-refractivity contribution in [2.24, 2.45) is 0 Å². The SMILES string of the molecule is C#CC(C)(C)NS(=O)(=O)c1cc(N)c(OC)cc1OC. The lowest BCUT2D eigenvalue weighted by molar-refractivity contribution is 0.386. The van der Waals surface area contributed by atoms with Gasteiger partial charge in [-0.3, -0.25) is 0 Å². The molecular formula is C13H18N2O4S. The van der Waals surface area contributed by atoms with Crippen LogP contribution < -0.4 is 19.9 Å². The Morgan fingerprint density at radius 3 is 2.25 bits per heavy atom. The van der Waals surface area contributed by atoms with Crippen LogP contribution in [0.2, 0.25) is 0 Å². The molecular weight excluding hydrogens is 280 g/mol. The van der Waals surface area contributed by atoms with Gasteiger partial charge in [0.05, 0.1) is 25.4 Å². The molecule has 0 saturated heterocycles. The maximum atomic E-state index is 12.4. The first-order valence-corrected chi connectivity index (χ1v) is 7.18. The van der Waals surface area contributed by atoms with Crippen molar-refractivity contribution < 1.29 is 17.9 Å². The predicted molar refractivity (Wildman–Crippen MR) is 77.2 cm³/mol. The lowest BCUT2D eigenvalue weighted by atomic mass is 10.1. The second-order valence-corrected chi connectivity index (χ2v) is 6.27. The lowest BCUT2D eigenvalue weighted by Crippen LogP contribution is -2.42. The van der Waals surface area contributed by atoms with Gasteiger partial charge >= 0.3 is 0 Å². The lowest BCUT2D eigenvalue weighted by Gasteiger charge is -2.21. The van der Waals surface area contributed by atoms with E-state index in [1.165, 1.54) is 26.4 Å². The number of ether oxygens (including phenoxy) is 2. The van der Waals surface area contributed by atoms with Crippen molar-refractivity contribution >= 4 is 15.7 Å². The van der Waals surface area contributed by atoms with Crippen LogP contribution >= 0.6 is 0 Å². The van der Waals surface area contributed by atoms with Crippen molar-refractivity contribution in [2.75, 3.05) is 20.0 Å². The first-order valence-electron chi connectivity index (χ1n) is 5.70. The molecule has 0 unspecified atom stereocenters. The summed E-state index contributed by atoms with van der Waals surface area (Å²) in [6, 6.07) is 2.68. The number of nitrogens with one attached hydrogen (secondary N) is 1. The molecule has 3 N–H and O–H groups in total. The average molecular weight is 298 g/mol. The first-order chi connectivity index (χ1) is 9.16.